The second kappa shape index (κ2) is 7.22. The third-order valence-corrected chi connectivity index (χ3v) is 4.17. The van der Waals surface area contributed by atoms with Crippen molar-refractivity contribution in [2.24, 2.45) is 0 Å². The Morgan fingerprint density at radius 1 is 1.15 bits per heavy atom. The first-order valence-corrected chi connectivity index (χ1v) is 8.45. The predicted octanol–water partition coefficient (Wildman–Crippen LogP) is 2.64. The smallest absolute Gasteiger partial charge is 0.256 e. The van der Waals surface area contributed by atoms with Gasteiger partial charge in [-0.3, -0.25) is 4.79 Å². The summed E-state index contributed by atoms with van der Waals surface area (Å²) in [5, 5.41) is 16.5. The number of nitrogens with one attached hydrogen (secondary N) is 1. The van der Waals surface area contributed by atoms with Gasteiger partial charge in [-0.05, 0) is 24.3 Å². The van der Waals surface area contributed by atoms with E-state index in [1.165, 1.54) is 0 Å². The maximum atomic E-state index is 12.7. The molecule has 2 aromatic carbocycles. The molecule has 1 aliphatic rings. The number of hydrogen-bond acceptors (Lipinski definition) is 5. The van der Waals surface area contributed by atoms with Gasteiger partial charge in [0.15, 0.2) is 11.5 Å². The fourth-order valence-electron chi connectivity index (χ4n) is 2.86. The quantitative estimate of drug-likeness (QED) is 0.773. The highest BCUT2D eigenvalue weighted by molar-refractivity contribution is 5.98. The molecule has 4 rings (SSSR count). The van der Waals surface area contributed by atoms with Gasteiger partial charge >= 0.3 is 0 Å². The van der Waals surface area contributed by atoms with Crippen molar-refractivity contribution in [3.8, 4) is 23.3 Å². The molecular formula is C20H16N4O3. The zero-order valence-corrected chi connectivity index (χ0v) is 14.3. The average Bonchev–Trinajstić information content (AvgIpc) is 3.22. The first kappa shape index (κ1) is 16.7. The van der Waals surface area contributed by atoms with Crippen molar-refractivity contribution in [1.82, 2.24) is 15.1 Å². The van der Waals surface area contributed by atoms with Crippen molar-refractivity contribution in [3.05, 3.63) is 72.1 Å². The molecule has 0 saturated heterocycles. The predicted molar refractivity (Wildman–Crippen MR) is 96.8 cm³/mol. The lowest BCUT2D eigenvalue weighted by atomic mass is 10.1. The molecule has 1 amide bonds. The van der Waals surface area contributed by atoms with Crippen LogP contribution in [0, 0.1) is 11.3 Å². The molecule has 0 radical (unpaired) electrons. The number of ether oxygens (including phenoxy) is 2. The molecule has 7 nitrogen and oxygen atoms in total. The number of carbonyl (C=O) groups is 1. The molecule has 7 heteroatoms. The van der Waals surface area contributed by atoms with E-state index >= 15 is 0 Å². The van der Waals surface area contributed by atoms with Gasteiger partial charge in [0.2, 0.25) is 0 Å². The molecule has 0 bridgehead atoms. The van der Waals surface area contributed by atoms with E-state index in [0.29, 0.717) is 35.8 Å². The molecule has 1 N–H and O–H groups in total. The molecule has 1 aliphatic heterocycles. The van der Waals surface area contributed by atoms with E-state index in [0.717, 1.165) is 5.69 Å². The van der Waals surface area contributed by atoms with Crippen LogP contribution >= 0.6 is 0 Å². The number of rotatable bonds is 4. The molecule has 0 saturated carbocycles. The maximum absolute atomic E-state index is 12.7. The second-order valence-electron chi connectivity index (χ2n) is 5.92. The Kier molecular flexibility index (Phi) is 4.45. The Labute approximate surface area is 155 Å². The minimum absolute atomic E-state index is 0.336. The van der Waals surface area contributed by atoms with Crippen molar-refractivity contribution >= 4 is 5.91 Å². The summed E-state index contributed by atoms with van der Waals surface area (Å²) >= 11 is 0. The Balaban J connectivity index is 1.56. The Hall–Kier alpha value is -3.79. The number of para-hydroxylation sites is 2. The fraction of sp³-hybridized carbons (Fsp3) is 0.150. The van der Waals surface area contributed by atoms with Gasteiger partial charge in [0.1, 0.15) is 19.3 Å². The topological polar surface area (TPSA) is 89.2 Å². The van der Waals surface area contributed by atoms with Crippen LogP contribution in [0.3, 0.4) is 0 Å². The zero-order chi connectivity index (χ0) is 18.6. The van der Waals surface area contributed by atoms with Crippen molar-refractivity contribution in [2.75, 3.05) is 13.2 Å². The van der Waals surface area contributed by atoms with E-state index in [9.17, 15) is 10.1 Å². The summed E-state index contributed by atoms with van der Waals surface area (Å²) in [5.41, 5.74) is 1.80. The second-order valence-corrected chi connectivity index (χ2v) is 5.92. The first-order chi connectivity index (χ1) is 13.3. The molecule has 1 unspecified atom stereocenters. The summed E-state index contributed by atoms with van der Waals surface area (Å²) in [6.45, 7) is 0.820. The van der Waals surface area contributed by atoms with Gasteiger partial charge in [-0.1, -0.05) is 24.3 Å². The minimum atomic E-state index is -0.838. The third-order valence-electron chi connectivity index (χ3n) is 4.17. The van der Waals surface area contributed by atoms with Crippen molar-refractivity contribution < 1.29 is 14.3 Å². The van der Waals surface area contributed by atoms with E-state index in [-0.39, 0.29) is 0 Å². The van der Waals surface area contributed by atoms with E-state index in [4.69, 9.17) is 9.47 Å². The van der Waals surface area contributed by atoms with Crippen LogP contribution in [-0.4, -0.2) is 28.9 Å². The lowest BCUT2D eigenvalue weighted by Gasteiger charge is -2.21. The normalized spacial score (nSPS) is 13.4. The molecule has 1 atom stereocenters. The molecule has 3 aromatic rings. The van der Waals surface area contributed by atoms with Gasteiger partial charge in [0.25, 0.3) is 5.91 Å². The summed E-state index contributed by atoms with van der Waals surface area (Å²) < 4.78 is 12.7. The summed E-state index contributed by atoms with van der Waals surface area (Å²) in [5.74, 6) is 0.522. The first-order valence-electron chi connectivity index (χ1n) is 8.45. The Morgan fingerprint density at radius 2 is 1.96 bits per heavy atom. The number of carbonyl (C=O) groups excluding carboxylic acids is 1. The van der Waals surface area contributed by atoms with Gasteiger partial charge in [-0.15, -0.1) is 0 Å². The van der Waals surface area contributed by atoms with Crippen molar-refractivity contribution in [3.63, 3.8) is 0 Å². The average molecular weight is 360 g/mol. The van der Waals surface area contributed by atoms with Crippen molar-refractivity contribution in [2.45, 2.75) is 6.04 Å². The van der Waals surface area contributed by atoms with E-state index < -0.39 is 11.9 Å². The van der Waals surface area contributed by atoms with Crippen LogP contribution in [0.2, 0.25) is 0 Å². The minimum Gasteiger partial charge on any atom is -0.486 e. The number of hydrogen-bond donors (Lipinski definition) is 1. The molecule has 27 heavy (non-hydrogen) atoms. The number of nitriles is 1. The van der Waals surface area contributed by atoms with Crippen LogP contribution in [0.4, 0.5) is 0 Å². The van der Waals surface area contributed by atoms with Crippen LogP contribution in [0.1, 0.15) is 22.0 Å². The number of aromatic nitrogens is 2. The van der Waals surface area contributed by atoms with Crippen molar-refractivity contribution in [1.29, 1.82) is 5.26 Å². The molecule has 2 heterocycles. The van der Waals surface area contributed by atoms with Crippen LogP contribution < -0.4 is 14.8 Å². The molecule has 134 valence electrons. The number of benzene rings is 2. The molecule has 0 fully saturated rings. The van der Waals surface area contributed by atoms with Gasteiger partial charge in [-0.2, -0.15) is 10.4 Å². The highest BCUT2D eigenvalue weighted by atomic mass is 16.6. The van der Waals surface area contributed by atoms with Crippen LogP contribution in [0.5, 0.6) is 11.5 Å². The highest BCUT2D eigenvalue weighted by Gasteiger charge is 2.23. The monoisotopic (exact) mass is 360 g/mol. The lowest BCUT2D eigenvalue weighted by Crippen LogP contribution is -2.29. The van der Waals surface area contributed by atoms with E-state index in [1.54, 1.807) is 35.3 Å². The molecule has 0 spiro atoms. The zero-order valence-electron chi connectivity index (χ0n) is 14.3. The van der Waals surface area contributed by atoms with Gasteiger partial charge in [0.05, 0.1) is 23.5 Å². The SMILES string of the molecule is N#CC(NC(=O)c1cccc2c1OCCO2)c1cnn(-c2ccccc2)c1. The van der Waals surface area contributed by atoms with E-state index in [2.05, 4.69) is 16.5 Å². The largest absolute Gasteiger partial charge is 0.486 e. The summed E-state index contributed by atoms with van der Waals surface area (Å²) in [4.78, 5) is 12.7. The lowest BCUT2D eigenvalue weighted by molar-refractivity contribution is 0.0934. The van der Waals surface area contributed by atoms with Gasteiger partial charge in [0, 0.05) is 11.8 Å². The fourth-order valence-corrected chi connectivity index (χ4v) is 2.86. The summed E-state index contributed by atoms with van der Waals surface area (Å²) in [7, 11) is 0. The van der Waals surface area contributed by atoms with Crippen LogP contribution in [-0.2, 0) is 0 Å². The van der Waals surface area contributed by atoms with Gasteiger partial charge < -0.3 is 14.8 Å². The highest BCUT2D eigenvalue weighted by Crippen LogP contribution is 2.33. The number of fused-ring (bicyclic) bond motifs is 1. The van der Waals surface area contributed by atoms with E-state index in [1.807, 2.05) is 30.3 Å². The molecular weight excluding hydrogens is 344 g/mol. The Morgan fingerprint density at radius 3 is 2.78 bits per heavy atom. The summed E-state index contributed by atoms with van der Waals surface area (Å²) in [6, 6.07) is 15.9. The molecule has 0 aliphatic carbocycles. The third kappa shape index (κ3) is 3.33. The molecule has 1 aromatic heterocycles. The Bertz CT molecular complexity index is 1010. The maximum Gasteiger partial charge on any atom is 0.256 e. The van der Waals surface area contributed by atoms with Gasteiger partial charge in [-0.25, -0.2) is 4.68 Å². The standard InChI is InChI=1S/C20H16N4O3/c21-11-17(14-12-22-24(13-14)15-5-2-1-3-6-15)23-20(25)16-7-4-8-18-19(16)27-10-9-26-18/h1-8,12-13,17H,9-10H2,(H,23,25). The number of amides is 1. The van der Waals surface area contributed by atoms with Crippen LogP contribution in [0.15, 0.2) is 60.9 Å². The number of nitrogens with zero attached hydrogens (tertiary/aromatic N) is 3. The van der Waals surface area contributed by atoms with Crippen LogP contribution in [0.25, 0.3) is 5.69 Å². The summed E-state index contributed by atoms with van der Waals surface area (Å²) in [6.07, 6.45) is 3.30.